The Morgan fingerprint density at radius 1 is 1.22 bits per heavy atom. The van der Waals surface area contributed by atoms with Gasteiger partial charge < -0.3 is 9.72 Å². The highest BCUT2D eigenvalue weighted by molar-refractivity contribution is 5.79. The number of nitrogens with zero attached hydrogens (tertiary/aromatic N) is 2. The van der Waals surface area contributed by atoms with Crippen LogP contribution in [0.5, 0.6) is 0 Å². The molecule has 5 heteroatoms. The molecular weight excluding hydrogens is 290 g/mol. The molecule has 2 aliphatic rings. The van der Waals surface area contributed by atoms with Crippen molar-refractivity contribution >= 4 is 10.9 Å². The number of aryl methyl sites for hydroxylation is 1. The minimum Gasteiger partial charge on any atom is -0.379 e. The van der Waals surface area contributed by atoms with E-state index < -0.39 is 0 Å². The van der Waals surface area contributed by atoms with Crippen molar-refractivity contribution in [3.8, 4) is 0 Å². The molecule has 2 saturated heterocycles. The Hall–Kier alpha value is -1.69. The second-order valence-corrected chi connectivity index (χ2v) is 6.71. The van der Waals surface area contributed by atoms with Gasteiger partial charge in [-0.15, -0.1) is 0 Å². The van der Waals surface area contributed by atoms with E-state index in [0.717, 1.165) is 68.0 Å². The molecule has 0 saturated carbocycles. The van der Waals surface area contributed by atoms with Crippen molar-refractivity contribution < 1.29 is 4.74 Å². The maximum Gasteiger partial charge on any atom is 0.252 e. The third kappa shape index (κ3) is 3.04. The van der Waals surface area contributed by atoms with E-state index in [9.17, 15) is 4.79 Å². The maximum absolute atomic E-state index is 12.3. The van der Waals surface area contributed by atoms with Gasteiger partial charge in [0.25, 0.3) is 5.56 Å². The third-order valence-electron chi connectivity index (χ3n) is 4.97. The highest BCUT2D eigenvalue weighted by Gasteiger charge is 2.32. The molecule has 3 heterocycles. The van der Waals surface area contributed by atoms with Gasteiger partial charge in [-0.3, -0.25) is 14.6 Å². The number of benzene rings is 1. The predicted octanol–water partition coefficient (Wildman–Crippen LogP) is 1.35. The molecule has 2 fully saturated rings. The molecule has 4 rings (SSSR count). The quantitative estimate of drug-likeness (QED) is 0.929. The molecule has 0 atom stereocenters. The topological polar surface area (TPSA) is 48.6 Å². The molecule has 1 N–H and O–H groups in total. The summed E-state index contributed by atoms with van der Waals surface area (Å²) >= 11 is 0. The van der Waals surface area contributed by atoms with Crippen LogP contribution in [0.3, 0.4) is 0 Å². The minimum absolute atomic E-state index is 0.0397. The van der Waals surface area contributed by atoms with E-state index in [1.807, 2.05) is 19.1 Å². The number of rotatable bonds is 3. The van der Waals surface area contributed by atoms with Crippen LogP contribution in [-0.4, -0.2) is 60.2 Å². The largest absolute Gasteiger partial charge is 0.379 e. The maximum atomic E-state index is 12.3. The van der Waals surface area contributed by atoms with E-state index in [2.05, 4.69) is 26.9 Å². The lowest BCUT2D eigenvalue weighted by Gasteiger charge is -2.46. The van der Waals surface area contributed by atoms with E-state index in [4.69, 9.17) is 4.74 Å². The summed E-state index contributed by atoms with van der Waals surface area (Å²) in [5.74, 6) is 0. The minimum atomic E-state index is 0.0397. The Kier molecular flexibility index (Phi) is 3.93. The summed E-state index contributed by atoms with van der Waals surface area (Å²) in [6.45, 7) is 8.64. The molecule has 23 heavy (non-hydrogen) atoms. The summed E-state index contributed by atoms with van der Waals surface area (Å²) in [6.07, 6.45) is 0. The van der Waals surface area contributed by atoms with Crippen LogP contribution in [0.15, 0.2) is 29.1 Å². The van der Waals surface area contributed by atoms with Crippen molar-refractivity contribution in [1.29, 1.82) is 0 Å². The molecule has 5 nitrogen and oxygen atoms in total. The first-order valence-electron chi connectivity index (χ1n) is 8.36. The molecule has 1 aromatic carbocycles. The van der Waals surface area contributed by atoms with E-state index in [1.165, 1.54) is 0 Å². The van der Waals surface area contributed by atoms with Gasteiger partial charge >= 0.3 is 0 Å². The number of aromatic nitrogens is 1. The highest BCUT2D eigenvalue weighted by atomic mass is 16.5. The first-order valence-corrected chi connectivity index (χ1v) is 8.36. The van der Waals surface area contributed by atoms with Crippen LogP contribution in [-0.2, 0) is 11.3 Å². The predicted molar refractivity (Wildman–Crippen MR) is 90.8 cm³/mol. The monoisotopic (exact) mass is 313 g/mol. The number of hydrogen-bond donors (Lipinski definition) is 1. The summed E-state index contributed by atoms with van der Waals surface area (Å²) in [5, 5.41) is 1.11. The zero-order chi connectivity index (χ0) is 15.8. The smallest absolute Gasteiger partial charge is 0.252 e. The van der Waals surface area contributed by atoms with Gasteiger partial charge in [-0.25, -0.2) is 0 Å². The van der Waals surface area contributed by atoms with Crippen LogP contribution in [0.4, 0.5) is 0 Å². The summed E-state index contributed by atoms with van der Waals surface area (Å²) in [5.41, 5.74) is 2.99. The van der Waals surface area contributed by atoms with Crippen molar-refractivity contribution in [1.82, 2.24) is 14.8 Å². The zero-order valence-corrected chi connectivity index (χ0v) is 13.5. The van der Waals surface area contributed by atoms with E-state index in [1.54, 1.807) is 0 Å². The third-order valence-corrected chi connectivity index (χ3v) is 4.97. The van der Waals surface area contributed by atoms with E-state index >= 15 is 0 Å². The summed E-state index contributed by atoms with van der Waals surface area (Å²) in [4.78, 5) is 20.2. The Morgan fingerprint density at radius 3 is 2.78 bits per heavy atom. The first kappa shape index (κ1) is 14.9. The standard InChI is InChI=1S/C18H23N3O2/c1-13-2-3-14-9-15(18(22)19-17(14)8-13)10-20-11-16(12-20)21-4-6-23-7-5-21/h2-3,8-9,16H,4-7,10-12H2,1H3,(H,19,22). The number of likely N-dealkylation sites (tertiary alicyclic amines) is 1. The van der Waals surface area contributed by atoms with Gasteiger partial charge in [0.05, 0.1) is 13.2 Å². The van der Waals surface area contributed by atoms with Crippen molar-refractivity contribution in [3.63, 3.8) is 0 Å². The summed E-state index contributed by atoms with van der Waals surface area (Å²) < 4.78 is 5.41. The van der Waals surface area contributed by atoms with E-state index in [-0.39, 0.29) is 5.56 Å². The fourth-order valence-corrected chi connectivity index (χ4v) is 3.56. The summed E-state index contributed by atoms with van der Waals surface area (Å²) in [6, 6.07) is 8.86. The molecule has 0 radical (unpaired) electrons. The van der Waals surface area contributed by atoms with Gasteiger partial charge in [0.2, 0.25) is 0 Å². The Balaban J connectivity index is 1.43. The lowest BCUT2D eigenvalue weighted by atomic mass is 10.0. The number of hydrogen-bond acceptors (Lipinski definition) is 4. The van der Waals surface area contributed by atoms with Gasteiger partial charge in [0.15, 0.2) is 0 Å². The van der Waals surface area contributed by atoms with Crippen LogP contribution in [0.2, 0.25) is 0 Å². The fourth-order valence-electron chi connectivity index (χ4n) is 3.56. The lowest BCUT2D eigenvalue weighted by molar-refractivity contribution is -0.0345. The highest BCUT2D eigenvalue weighted by Crippen LogP contribution is 2.19. The van der Waals surface area contributed by atoms with Crippen LogP contribution in [0.1, 0.15) is 11.1 Å². The normalized spacial score (nSPS) is 20.7. The number of aromatic amines is 1. The number of fused-ring (bicyclic) bond motifs is 1. The van der Waals surface area contributed by atoms with Gasteiger partial charge in [0, 0.05) is 49.8 Å². The van der Waals surface area contributed by atoms with Crippen LogP contribution < -0.4 is 5.56 Å². The van der Waals surface area contributed by atoms with Crippen LogP contribution in [0, 0.1) is 6.92 Å². The number of H-pyrrole nitrogens is 1. The Morgan fingerprint density at radius 2 is 2.00 bits per heavy atom. The number of morpholine rings is 1. The molecule has 0 amide bonds. The number of nitrogens with one attached hydrogen (secondary N) is 1. The lowest BCUT2D eigenvalue weighted by Crippen LogP contribution is -2.61. The average Bonchev–Trinajstić information content (AvgIpc) is 2.51. The van der Waals surface area contributed by atoms with Gasteiger partial charge in [-0.1, -0.05) is 12.1 Å². The Bertz CT molecular complexity index is 758. The number of ether oxygens (including phenoxy) is 1. The van der Waals surface area contributed by atoms with Crippen molar-refractivity contribution in [3.05, 3.63) is 45.7 Å². The van der Waals surface area contributed by atoms with E-state index in [0.29, 0.717) is 6.04 Å². The zero-order valence-electron chi connectivity index (χ0n) is 13.5. The molecule has 0 spiro atoms. The summed E-state index contributed by atoms with van der Waals surface area (Å²) in [7, 11) is 0. The molecule has 1 aromatic heterocycles. The van der Waals surface area contributed by atoms with Gasteiger partial charge in [-0.05, 0) is 30.0 Å². The fraction of sp³-hybridized carbons (Fsp3) is 0.500. The van der Waals surface area contributed by atoms with Gasteiger partial charge in [-0.2, -0.15) is 0 Å². The molecule has 2 aromatic rings. The van der Waals surface area contributed by atoms with Crippen molar-refractivity contribution in [2.24, 2.45) is 0 Å². The number of pyridine rings is 1. The van der Waals surface area contributed by atoms with Crippen molar-refractivity contribution in [2.75, 3.05) is 39.4 Å². The van der Waals surface area contributed by atoms with Crippen molar-refractivity contribution in [2.45, 2.75) is 19.5 Å². The SMILES string of the molecule is Cc1ccc2cc(CN3CC(N4CCOCC4)C3)c(=O)[nH]c2c1. The second-order valence-electron chi connectivity index (χ2n) is 6.71. The van der Waals surface area contributed by atoms with Crippen LogP contribution in [0.25, 0.3) is 10.9 Å². The molecule has 0 aliphatic carbocycles. The second kappa shape index (κ2) is 6.07. The van der Waals surface area contributed by atoms with Gasteiger partial charge in [0.1, 0.15) is 0 Å². The Labute approximate surface area is 135 Å². The first-order chi connectivity index (χ1) is 11.2. The average molecular weight is 313 g/mol. The molecular formula is C18H23N3O2. The molecule has 2 aliphatic heterocycles. The molecule has 122 valence electrons. The molecule has 0 bridgehead atoms. The molecule has 0 unspecified atom stereocenters. The van der Waals surface area contributed by atoms with Crippen LogP contribution >= 0.6 is 0 Å².